The Hall–Kier alpha value is -0.820. The van der Waals surface area contributed by atoms with Crippen LogP contribution >= 0.6 is 0 Å². The van der Waals surface area contributed by atoms with Crippen molar-refractivity contribution in [2.24, 2.45) is 0 Å². The first-order valence-corrected chi connectivity index (χ1v) is 4.26. The monoisotopic (exact) mass is 163 g/mol. The summed E-state index contributed by atoms with van der Waals surface area (Å²) in [7, 11) is 0. The lowest BCUT2D eigenvalue weighted by molar-refractivity contribution is 0.159. The Bertz CT molecular complexity index is 204. The minimum absolute atomic E-state index is 0.784. The highest BCUT2D eigenvalue weighted by Crippen LogP contribution is 2.02. The van der Waals surface area contributed by atoms with Crippen molar-refractivity contribution in [1.82, 2.24) is 0 Å². The van der Waals surface area contributed by atoms with E-state index in [2.05, 4.69) is 24.3 Å². The van der Waals surface area contributed by atoms with E-state index in [4.69, 9.17) is 4.74 Å². The normalized spacial score (nSPS) is 10.6. The summed E-state index contributed by atoms with van der Waals surface area (Å²) in [5.74, 6) is 0. The van der Waals surface area contributed by atoms with Crippen LogP contribution in [0.25, 0.3) is 0 Å². The Kier molecular flexibility index (Phi) is 3.81. The van der Waals surface area contributed by atoms with Crippen LogP contribution in [-0.4, -0.2) is 6.61 Å². The highest BCUT2D eigenvalue weighted by molar-refractivity contribution is 5.14. The third-order valence-corrected chi connectivity index (χ3v) is 1.62. The van der Waals surface area contributed by atoms with E-state index in [1.165, 1.54) is 5.56 Å². The van der Waals surface area contributed by atoms with E-state index in [-0.39, 0.29) is 0 Å². The summed E-state index contributed by atoms with van der Waals surface area (Å²) in [6, 6.07) is 10.4. The van der Waals surface area contributed by atoms with Gasteiger partial charge in [0.05, 0.1) is 12.7 Å². The Labute approximate surface area is 74.4 Å². The zero-order valence-corrected chi connectivity index (χ0v) is 7.71. The molecule has 0 unspecified atom stereocenters. The van der Waals surface area contributed by atoms with Crippen molar-refractivity contribution in [3.8, 4) is 0 Å². The van der Waals surface area contributed by atoms with E-state index in [1.807, 2.05) is 19.9 Å². The molecule has 0 aromatic heterocycles. The lowest BCUT2D eigenvalue weighted by Crippen LogP contribution is -1.99. The van der Waals surface area contributed by atoms with Gasteiger partial charge in [0.1, 0.15) is 0 Å². The fourth-order valence-corrected chi connectivity index (χ4v) is 1.02. The van der Waals surface area contributed by atoms with E-state index in [0.717, 1.165) is 19.1 Å². The average molecular weight is 163 g/mol. The molecular weight excluding hydrogens is 148 g/mol. The van der Waals surface area contributed by atoms with Crippen molar-refractivity contribution < 1.29 is 4.74 Å². The van der Waals surface area contributed by atoms with Crippen LogP contribution < -0.4 is 0 Å². The standard InChI is InChI=1S/C11H15O/c1-10(2)12-9-8-11-6-4-3-5-7-11/h3-7H,8-9H2,1-2H3. The molecule has 0 bridgehead atoms. The van der Waals surface area contributed by atoms with E-state index < -0.39 is 0 Å². The molecule has 0 heterocycles. The van der Waals surface area contributed by atoms with Crippen LogP contribution in [0, 0.1) is 6.10 Å². The highest BCUT2D eigenvalue weighted by atomic mass is 16.5. The van der Waals surface area contributed by atoms with Gasteiger partial charge in [0, 0.05) is 0 Å². The van der Waals surface area contributed by atoms with E-state index in [1.54, 1.807) is 0 Å². The molecule has 65 valence electrons. The molecule has 1 radical (unpaired) electrons. The summed E-state index contributed by atoms with van der Waals surface area (Å²) in [5.41, 5.74) is 1.33. The summed E-state index contributed by atoms with van der Waals surface area (Å²) < 4.78 is 5.36. The van der Waals surface area contributed by atoms with Crippen LogP contribution in [0.4, 0.5) is 0 Å². The fourth-order valence-electron chi connectivity index (χ4n) is 1.02. The van der Waals surface area contributed by atoms with Gasteiger partial charge >= 0.3 is 0 Å². The van der Waals surface area contributed by atoms with Gasteiger partial charge in [-0.15, -0.1) is 0 Å². The molecule has 0 saturated heterocycles. The molecule has 1 aromatic carbocycles. The first kappa shape index (κ1) is 9.27. The first-order valence-electron chi connectivity index (χ1n) is 4.26. The molecule has 1 nitrogen and oxygen atoms in total. The van der Waals surface area contributed by atoms with Crippen molar-refractivity contribution in [1.29, 1.82) is 0 Å². The van der Waals surface area contributed by atoms with Crippen LogP contribution in [0.1, 0.15) is 19.4 Å². The van der Waals surface area contributed by atoms with Crippen molar-refractivity contribution in [2.75, 3.05) is 6.61 Å². The average Bonchev–Trinajstić information content (AvgIpc) is 2.05. The quantitative estimate of drug-likeness (QED) is 0.663. The topological polar surface area (TPSA) is 9.23 Å². The van der Waals surface area contributed by atoms with Gasteiger partial charge in [0.25, 0.3) is 0 Å². The summed E-state index contributed by atoms with van der Waals surface area (Å²) in [5, 5.41) is 0. The third kappa shape index (κ3) is 3.54. The number of benzene rings is 1. The van der Waals surface area contributed by atoms with Gasteiger partial charge < -0.3 is 4.74 Å². The molecular formula is C11H15O. The van der Waals surface area contributed by atoms with E-state index in [9.17, 15) is 0 Å². The lowest BCUT2D eigenvalue weighted by Gasteiger charge is -2.05. The van der Waals surface area contributed by atoms with Gasteiger partial charge in [-0.05, 0) is 25.8 Å². The van der Waals surface area contributed by atoms with Gasteiger partial charge in [0.2, 0.25) is 0 Å². The smallest absolute Gasteiger partial charge is 0.0909 e. The molecule has 0 atom stereocenters. The second-order valence-corrected chi connectivity index (χ2v) is 2.99. The van der Waals surface area contributed by atoms with Gasteiger partial charge in [0.15, 0.2) is 0 Å². The Morgan fingerprint density at radius 3 is 2.42 bits per heavy atom. The molecule has 0 N–H and O–H groups in total. The zero-order chi connectivity index (χ0) is 8.81. The van der Waals surface area contributed by atoms with Crippen molar-refractivity contribution >= 4 is 0 Å². The summed E-state index contributed by atoms with van der Waals surface area (Å²) in [6.07, 6.45) is 2.03. The molecule has 1 rings (SSSR count). The molecule has 0 amide bonds. The second kappa shape index (κ2) is 4.94. The summed E-state index contributed by atoms with van der Waals surface area (Å²) in [6.45, 7) is 4.74. The summed E-state index contributed by atoms with van der Waals surface area (Å²) >= 11 is 0. The van der Waals surface area contributed by atoms with Gasteiger partial charge in [-0.25, -0.2) is 0 Å². The molecule has 0 aliphatic heterocycles. The number of ether oxygens (including phenoxy) is 1. The SMILES string of the molecule is C[C](C)OCCc1ccccc1. The minimum Gasteiger partial charge on any atom is -0.372 e. The molecule has 12 heavy (non-hydrogen) atoms. The van der Waals surface area contributed by atoms with Crippen molar-refractivity contribution in [3.05, 3.63) is 42.0 Å². The highest BCUT2D eigenvalue weighted by Gasteiger charge is 1.94. The predicted octanol–water partition coefficient (Wildman–Crippen LogP) is 2.82. The lowest BCUT2D eigenvalue weighted by atomic mass is 10.2. The number of rotatable bonds is 4. The van der Waals surface area contributed by atoms with Crippen LogP contribution in [0.2, 0.25) is 0 Å². The van der Waals surface area contributed by atoms with E-state index in [0.29, 0.717) is 0 Å². The van der Waals surface area contributed by atoms with Crippen LogP contribution in [0.3, 0.4) is 0 Å². The maximum absolute atomic E-state index is 5.36. The van der Waals surface area contributed by atoms with Crippen LogP contribution in [0.15, 0.2) is 30.3 Å². The van der Waals surface area contributed by atoms with E-state index >= 15 is 0 Å². The predicted molar refractivity (Wildman–Crippen MR) is 50.7 cm³/mol. The van der Waals surface area contributed by atoms with Gasteiger partial charge in [-0.1, -0.05) is 30.3 Å². The van der Waals surface area contributed by atoms with Crippen molar-refractivity contribution in [3.63, 3.8) is 0 Å². The van der Waals surface area contributed by atoms with Crippen molar-refractivity contribution in [2.45, 2.75) is 20.3 Å². The maximum atomic E-state index is 5.36. The minimum atomic E-state index is 0.784. The van der Waals surface area contributed by atoms with Crippen LogP contribution in [-0.2, 0) is 11.2 Å². The first-order chi connectivity index (χ1) is 5.79. The third-order valence-electron chi connectivity index (χ3n) is 1.62. The van der Waals surface area contributed by atoms with Gasteiger partial charge in [-0.2, -0.15) is 0 Å². The Morgan fingerprint density at radius 1 is 1.17 bits per heavy atom. The van der Waals surface area contributed by atoms with Crippen LogP contribution in [0.5, 0.6) is 0 Å². The molecule has 0 aliphatic carbocycles. The van der Waals surface area contributed by atoms with Gasteiger partial charge in [-0.3, -0.25) is 0 Å². The Balaban J connectivity index is 2.25. The molecule has 1 aromatic rings. The molecule has 0 spiro atoms. The summed E-state index contributed by atoms with van der Waals surface area (Å²) in [4.78, 5) is 0. The molecule has 1 heteroatoms. The molecule has 0 fully saturated rings. The Morgan fingerprint density at radius 2 is 1.83 bits per heavy atom. The second-order valence-electron chi connectivity index (χ2n) is 2.99. The zero-order valence-electron chi connectivity index (χ0n) is 7.71. The molecule has 0 saturated carbocycles. The number of hydrogen-bond donors (Lipinski definition) is 0. The maximum Gasteiger partial charge on any atom is 0.0909 e. The number of hydrogen-bond acceptors (Lipinski definition) is 1. The largest absolute Gasteiger partial charge is 0.372 e. The fraction of sp³-hybridized carbons (Fsp3) is 0.364. The molecule has 0 aliphatic rings.